The Morgan fingerprint density at radius 2 is 2.27 bits per heavy atom. The maximum absolute atomic E-state index is 10.6. The molecule has 11 heavy (non-hydrogen) atoms. The van der Waals surface area contributed by atoms with Gasteiger partial charge in [0.2, 0.25) is 0 Å². The van der Waals surface area contributed by atoms with Crippen molar-refractivity contribution in [3.8, 4) is 0 Å². The fourth-order valence-electron chi connectivity index (χ4n) is 0.834. The van der Waals surface area contributed by atoms with Crippen LogP contribution in [-0.4, -0.2) is 5.91 Å². The summed E-state index contributed by atoms with van der Waals surface area (Å²) >= 11 is 0. The van der Waals surface area contributed by atoms with Crippen LogP contribution in [0, 0.1) is 0 Å². The van der Waals surface area contributed by atoms with Crippen molar-refractivity contribution in [3.05, 3.63) is 24.4 Å². The number of carbonyl (C=O) groups is 1. The first-order valence-corrected chi connectivity index (χ1v) is 3.42. The van der Waals surface area contributed by atoms with Gasteiger partial charge in [-0.05, 0) is 6.07 Å². The van der Waals surface area contributed by atoms with E-state index in [1.54, 1.807) is 0 Å². The fourth-order valence-corrected chi connectivity index (χ4v) is 0.834. The van der Waals surface area contributed by atoms with E-state index in [-0.39, 0.29) is 5.91 Å². The van der Waals surface area contributed by atoms with Crippen molar-refractivity contribution < 1.29 is 9.36 Å². The predicted octanol–water partition coefficient (Wildman–Crippen LogP) is 0.469. The van der Waals surface area contributed by atoms with Gasteiger partial charge in [-0.25, -0.2) is 14.7 Å². The van der Waals surface area contributed by atoms with E-state index in [9.17, 15) is 4.79 Å². The number of hydrogen-bond donors (Lipinski definition) is 1. The van der Waals surface area contributed by atoms with Crippen molar-refractivity contribution >= 4 is 11.7 Å². The van der Waals surface area contributed by atoms with Crippen LogP contribution in [0.2, 0.25) is 0 Å². The van der Waals surface area contributed by atoms with Gasteiger partial charge in [0.25, 0.3) is 5.82 Å². The number of aromatic nitrogens is 1. The molecule has 1 aromatic rings. The number of anilines is 1. The van der Waals surface area contributed by atoms with Crippen molar-refractivity contribution in [2.75, 3.05) is 5.32 Å². The third kappa shape index (κ3) is 2.04. The van der Waals surface area contributed by atoms with Crippen molar-refractivity contribution in [3.63, 3.8) is 0 Å². The van der Waals surface area contributed by atoms with Crippen LogP contribution in [0.4, 0.5) is 5.82 Å². The summed E-state index contributed by atoms with van der Waals surface area (Å²) in [6.45, 7) is 1.49. The minimum atomic E-state index is -0.0493. The van der Waals surface area contributed by atoms with Crippen molar-refractivity contribution in [1.29, 1.82) is 0 Å². The molecule has 0 spiro atoms. The monoisotopic (exact) mass is 151 g/mol. The van der Waals surface area contributed by atoms with Crippen LogP contribution in [0.3, 0.4) is 0 Å². The molecule has 3 heteroatoms. The lowest BCUT2D eigenvalue weighted by atomic mass is 10.4. The fraction of sp³-hybridized carbons (Fsp3) is 0.250. The summed E-state index contributed by atoms with van der Waals surface area (Å²) in [6.07, 6.45) is 1.88. The molecule has 0 aliphatic carbocycles. The van der Waals surface area contributed by atoms with Crippen molar-refractivity contribution in [2.24, 2.45) is 7.05 Å². The molecule has 1 N–H and O–H groups in total. The average molecular weight is 151 g/mol. The highest BCUT2D eigenvalue weighted by atomic mass is 16.1. The molecule has 0 atom stereocenters. The lowest BCUT2D eigenvalue weighted by molar-refractivity contribution is -0.657. The minimum Gasteiger partial charge on any atom is -0.247 e. The second kappa shape index (κ2) is 3.14. The Bertz CT molecular complexity index is 271. The van der Waals surface area contributed by atoms with E-state index in [0.717, 1.165) is 5.82 Å². The first-order valence-electron chi connectivity index (χ1n) is 3.42. The molecule has 0 aliphatic heterocycles. The van der Waals surface area contributed by atoms with Gasteiger partial charge in [-0.3, -0.25) is 0 Å². The van der Waals surface area contributed by atoms with E-state index in [4.69, 9.17) is 0 Å². The molecule has 1 amide bonds. The Balaban J connectivity index is 2.86. The van der Waals surface area contributed by atoms with E-state index in [1.165, 1.54) is 6.92 Å². The topological polar surface area (TPSA) is 33.0 Å². The zero-order chi connectivity index (χ0) is 8.27. The molecule has 0 saturated carbocycles. The Morgan fingerprint density at radius 3 is 2.82 bits per heavy atom. The lowest BCUT2D eigenvalue weighted by Crippen LogP contribution is -2.32. The summed E-state index contributed by atoms with van der Waals surface area (Å²) in [5.41, 5.74) is 0. The number of aryl methyl sites for hydroxylation is 1. The molecule has 3 nitrogen and oxygen atoms in total. The molecule has 0 saturated heterocycles. The Kier molecular flexibility index (Phi) is 2.21. The van der Waals surface area contributed by atoms with Gasteiger partial charge in [-0.1, -0.05) is 6.07 Å². The van der Waals surface area contributed by atoms with Gasteiger partial charge < -0.3 is 0 Å². The molecule has 0 fully saturated rings. The smallest absolute Gasteiger partial charge is 0.247 e. The predicted molar refractivity (Wildman–Crippen MR) is 41.9 cm³/mol. The van der Waals surface area contributed by atoms with Gasteiger partial charge >= 0.3 is 5.91 Å². The number of nitrogens with one attached hydrogen (secondary N) is 1. The molecule has 1 rings (SSSR count). The molecule has 0 unspecified atom stereocenters. The summed E-state index contributed by atoms with van der Waals surface area (Å²) in [5, 5.41) is 2.70. The number of pyridine rings is 1. The molecule has 0 aliphatic rings. The summed E-state index contributed by atoms with van der Waals surface area (Å²) in [6, 6.07) is 5.64. The molecule has 0 aromatic carbocycles. The molecular weight excluding hydrogens is 140 g/mol. The van der Waals surface area contributed by atoms with Crippen LogP contribution in [0.25, 0.3) is 0 Å². The number of carbonyl (C=O) groups excluding carboxylic acids is 1. The standard InChI is InChI=1S/C8H10N2O/c1-7(11)9-8-5-3-4-6-10(8)2/h3-6H,1-2H3/p+1. The van der Waals surface area contributed by atoms with Gasteiger partial charge in [0.1, 0.15) is 0 Å². The first-order chi connectivity index (χ1) is 5.20. The maximum Gasteiger partial charge on any atom is 0.304 e. The van der Waals surface area contributed by atoms with Gasteiger partial charge in [0, 0.05) is 13.0 Å². The zero-order valence-corrected chi connectivity index (χ0v) is 6.66. The van der Waals surface area contributed by atoms with Crippen LogP contribution in [0.5, 0.6) is 0 Å². The van der Waals surface area contributed by atoms with Crippen LogP contribution < -0.4 is 9.88 Å². The van der Waals surface area contributed by atoms with Crippen LogP contribution >= 0.6 is 0 Å². The number of rotatable bonds is 1. The molecule has 1 heterocycles. The Morgan fingerprint density at radius 1 is 1.55 bits per heavy atom. The molecule has 58 valence electrons. The second-order valence-electron chi connectivity index (χ2n) is 2.38. The third-order valence-electron chi connectivity index (χ3n) is 1.36. The zero-order valence-electron chi connectivity index (χ0n) is 6.66. The van der Waals surface area contributed by atoms with Gasteiger partial charge in [-0.2, -0.15) is 0 Å². The molecular formula is C8H11N2O+. The lowest BCUT2D eigenvalue weighted by Gasteiger charge is -1.97. The number of hydrogen-bond acceptors (Lipinski definition) is 1. The van der Waals surface area contributed by atoms with E-state index < -0.39 is 0 Å². The van der Waals surface area contributed by atoms with Crippen LogP contribution in [0.1, 0.15) is 6.92 Å². The first kappa shape index (κ1) is 7.72. The highest BCUT2D eigenvalue weighted by molar-refractivity contribution is 5.86. The molecule has 0 bridgehead atoms. The van der Waals surface area contributed by atoms with Crippen LogP contribution in [0.15, 0.2) is 24.4 Å². The summed E-state index contributed by atoms with van der Waals surface area (Å²) < 4.78 is 1.85. The molecule has 1 aromatic heterocycles. The number of amides is 1. The Labute approximate surface area is 65.7 Å². The quantitative estimate of drug-likeness (QED) is 0.581. The van der Waals surface area contributed by atoms with Crippen LogP contribution in [-0.2, 0) is 11.8 Å². The SMILES string of the molecule is CC(=O)Nc1cccc[n+]1C. The second-order valence-corrected chi connectivity index (χ2v) is 2.38. The number of nitrogens with zero attached hydrogens (tertiary/aromatic N) is 1. The van der Waals surface area contributed by atoms with Crippen molar-refractivity contribution in [2.45, 2.75) is 6.92 Å². The van der Waals surface area contributed by atoms with Crippen molar-refractivity contribution in [1.82, 2.24) is 0 Å². The Hall–Kier alpha value is -1.38. The minimum absolute atomic E-state index is 0.0493. The largest absolute Gasteiger partial charge is 0.304 e. The van der Waals surface area contributed by atoms with E-state index in [2.05, 4.69) is 5.32 Å². The van der Waals surface area contributed by atoms with Gasteiger partial charge in [-0.15, -0.1) is 0 Å². The third-order valence-corrected chi connectivity index (χ3v) is 1.36. The average Bonchev–Trinajstić information content (AvgIpc) is 1.93. The van der Waals surface area contributed by atoms with E-state index in [1.807, 2.05) is 36.0 Å². The van der Waals surface area contributed by atoms with Gasteiger partial charge in [0.15, 0.2) is 0 Å². The van der Waals surface area contributed by atoms with Gasteiger partial charge in [0.05, 0.1) is 13.2 Å². The van der Waals surface area contributed by atoms with E-state index >= 15 is 0 Å². The molecule has 0 radical (unpaired) electrons. The summed E-state index contributed by atoms with van der Waals surface area (Å²) in [7, 11) is 1.88. The highest BCUT2D eigenvalue weighted by Crippen LogP contribution is 1.95. The van der Waals surface area contributed by atoms with E-state index in [0.29, 0.717) is 0 Å². The summed E-state index contributed by atoms with van der Waals surface area (Å²) in [4.78, 5) is 10.6. The summed E-state index contributed by atoms with van der Waals surface area (Å²) in [5.74, 6) is 0.756. The maximum atomic E-state index is 10.6. The highest BCUT2D eigenvalue weighted by Gasteiger charge is 2.04. The normalized spacial score (nSPS) is 9.27.